The lowest BCUT2D eigenvalue weighted by Gasteiger charge is -2.24. The van der Waals surface area contributed by atoms with E-state index in [-0.39, 0.29) is 26.1 Å². The second kappa shape index (κ2) is 6.90. The number of carbonyl (C=O) groups excluding carboxylic acids is 3. The van der Waals surface area contributed by atoms with E-state index in [0.717, 1.165) is 11.1 Å². The molecule has 1 aliphatic rings. The molecule has 1 aliphatic carbocycles. The van der Waals surface area contributed by atoms with Gasteiger partial charge in [-0.05, 0) is 45.7 Å². The fourth-order valence-electron chi connectivity index (χ4n) is 2.90. The van der Waals surface area contributed by atoms with Crippen LogP contribution < -0.4 is 0 Å². The highest BCUT2D eigenvalue weighted by Crippen LogP contribution is 2.40. The van der Waals surface area contributed by atoms with Gasteiger partial charge in [-0.2, -0.15) is 0 Å². The van der Waals surface area contributed by atoms with E-state index in [9.17, 15) is 14.4 Å². The minimum Gasteiger partial charge on any atom is -0.465 e. The van der Waals surface area contributed by atoms with Gasteiger partial charge >= 0.3 is 18.0 Å². The van der Waals surface area contributed by atoms with Crippen LogP contribution >= 0.6 is 0 Å². The Morgan fingerprint density at radius 1 is 1.00 bits per heavy atom. The van der Waals surface area contributed by atoms with Crippen LogP contribution in [0, 0.1) is 5.41 Å². The molecule has 1 aromatic rings. The van der Waals surface area contributed by atoms with Crippen molar-refractivity contribution in [2.75, 3.05) is 13.2 Å². The quantitative estimate of drug-likeness (QED) is 0.471. The summed E-state index contributed by atoms with van der Waals surface area (Å²) in [5.41, 5.74) is -0.492. The third-order valence-corrected chi connectivity index (χ3v) is 3.92. The molecule has 0 amide bonds. The Balaban J connectivity index is 2.25. The van der Waals surface area contributed by atoms with E-state index in [1.54, 1.807) is 47.0 Å². The number of nitrogens with zero attached hydrogens (tertiary/aromatic N) is 1. The van der Waals surface area contributed by atoms with Gasteiger partial charge in [-0.3, -0.25) is 14.2 Å². The molecule has 1 aromatic heterocycles. The normalized spacial score (nSPS) is 15.4. The van der Waals surface area contributed by atoms with Gasteiger partial charge in [0.15, 0.2) is 5.41 Å². The number of carbonyl (C=O) groups is 3. The van der Waals surface area contributed by atoms with Crippen LogP contribution in [0.2, 0.25) is 0 Å². The zero-order valence-electron chi connectivity index (χ0n) is 15.4. The predicted octanol–water partition coefficient (Wildman–Crippen LogP) is 2.48. The highest BCUT2D eigenvalue weighted by Gasteiger charge is 2.53. The molecular formula is C18H25NO6. The maximum absolute atomic E-state index is 12.4. The Bertz CT molecular complexity index is 639. The van der Waals surface area contributed by atoms with E-state index in [1.165, 1.54) is 4.57 Å². The molecule has 0 atom stereocenters. The van der Waals surface area contributed by atoms with Crippen LogP contribution in [0.25, 0.3) is 0 Å². The third-order valence-electron chi connectivity index (χ3n) is 3.92. The first-order valence-electron chi connectivity index (χ1n) is 8.40. The van der Waals surface area contributed by atoms with Gasteiger partial charge in [0.1, 0.15) is 5.60 Å². The average molecular weight is 351 g/mol. The summed E-state index contributed by atoms with van der Waals surface area (Å²) < 4.78 is 16.9. The summed E-state index contributed by atoms with van der Waals surface area (Å²) in [5.74, 6) is -1.18. The molecule has 0 bridgehead atoms. The Kier molecular flexibility index (Phi) is 5.25. The second-order valence-electron chi connectivity index (χ2n) is 7.07. The molecule has 0 spiro atoms. The summed E-state index contributed by atoms with van der Waals surface area (Å²) in [4.78, 5) is 37.0. The van der Waals surface area contributed by atoms with E-state index in [0.29, 0.717) is 0 Å². The average Bonchev–Trinajstić information content (AvgIpc) is 3.02. The predicted molar refractivity (Wildman–Crippen MR) is 89.2 cm³/mol. The van der Waals surface area contributed by atoms with Crippen molar-refractivity contribution in [3.8, 4) is 0 Å². The van der Waals surface area contributed by atoms with Gasteiger partial charge in [-0.25, -0.2) is 4.79 Å². The summed E-state index contributed by atoms with van der Waals surface area (Å²) in [6.45, 7) is 9.10. The Morgan fingerprint density at radius 2 is 1.44 bits per heavy atom. The first kappa shape index (κ1) is 19.0. The van der Waals surface area contributed by atoms with Crippen molar-refractivity contribution in [3.63, 3.8) is 0 Å². The molecule has 7 nitrogen and oxygen atoms in total. The summed E-state index contributed by atoms with van der Waals surface area (Å²) in [7, 11) is 0. The Morgan fingerprint density at radius 3 is 1.80 bits per heavy atom. The van der Waals surface area contributed by atoms with E-state index in [1.807, 2.05) is 0 Å². The van der Waals surface area contributed by atoms with Crippen LogP contribution in [0.15, 0.2) is 12.4 Å². The van der Waals surface area contributed by atoms with Gasteiger partial charge in [-0.1, -0.05) is 0 Å². The van der Waals surface area contributed by atoms with E-state index in [2.05, 4.69) is 0 Å². The van der Waals surface area contributed by atoms with E-state index < -0.39 is 29.0 Å². The monoisotopic (exact) mass is 351 g/mol. The molecule has 7 heteroatoms. The number of esters is 2. The smallest absolute Gasteiger partial charge is 0.418 e. The molecule has 0 radical (unpaired) electrons. The van der Waals surface area contributed by atoms with Crippen molar-refractivity contribution in [2.24, 2.45) is 5.41 Å². The zero-order valence-corrected chi connectivity index (χ0v) is 15.4. The second-order valence-corrected chi connectivity index (χ2v) is 7.07. The van der Waals surface area contributed by atoms with Crippen molar-refractivity contribution >= 4 is 18.0 Å². The molecule has 0 saturated carbocycles. The van der Waals surface area contributed by atoms with Crippen molar-refractivity contribution in [2.45, 2.75) is 53.1 Å². The lowest BCUT2D eigenvalue weighted by atomic mass is 9.84. The molecule has 1 heterocycles. The molecule has 138 valence electrons. The van der Waals surface area contributed by atoms with Gasteiger partial charge in [0.25, 0.3) is 0 Å². The van der Waals surface area contributed by atoms with Crippen LogP contribution in [-0.4, -0.2) is 41.4 Å². The van der Waals surface area contributed by atoms with Crippen molar-refractivity contribution < 1.29 is 28.6 Å². The number of fused-ring (bicyclic) bond motifs is 1. The van der Waals surface area contributed by atoms with Crippen molar-refractivity contribution in [1.82, 2.24) is 4.57 Å². The summed E-state index contributed by atoms with van der Waals surface area (Å²) in [6, 6.07) is 0. The largest absolute Gasteiger partial charge is 0.465 e. The number of rotatable bonds is 4. The number of hydrogen-bond donors (Lipinski definition) is 0. The zero-order chi connectivity index (χ0) is 18.8. The SMILES string of the molecule is CCOC(=O)C1(C(=O)OCC)Cc2cn(C(=O)OC(C)(C)C)cc2C1. The van der Waals surface area contributed by atoms with Crippen LogP contribution in [0.4, 0.5) is 4.79 Å². The fraction of sp³-hybridized carbons (Fsp3) is 0.611. The number of hydrogen-bond acceptors (Lipinski definition) is 6. The highest BCUT2D eigenvalue weighted by atomic mass is 16.6. The molecular weight excluding hydrogens is 326 g/mol. The first-order valence-corrected chi connectivity index (χ1v) is 8.40. The molecule has 0 saturated heterocycles. The van der Waals surface area contributed by atoms with Gasteiger partial charge in [0.2, 0.25) is 0 Å². The molecule has 25 heavy (non-hydrogen) atoms. The lowest BCUT2D eigenvalue weighted by molar-refractivity contribution is -0.171. The molecule has 0 fully saturated rings. The molecule has 0 unspecified atom stereocenters. The number of ether oxygens (including phenoxy) is 3. The van der Waals surface area contributed by atoms with Crippen LogP contribution in [0.1, 0.15) is 45.7 Å². The lowest BCUT2D eigenvalue weighted by Crippen LogP contribution is -2.43. The summed E-state index contributed by atoms with van der Waals surface area (Å²) in [6.07, 6.45) is 3.00. The van der Waals surface area contributed by atoms with Crippen LogP contribution in [0.3, 0.4) is 0 Å². The minimum absolute atomic E-state index is 0.149. The van der Waals surface area contributed by atoms with Gasteiger partial charge in [0.05, 0.1) is 13.2 Å². The van der Waals surface area contributed by atoms with E-state index in [4.69, 9.17) is 14.2 Å². The summed E-state index contributed by atoms with van der Waals surface area (Å²) in [5, 5.41) is 0. The summed E-state index contributed by atoms with van der Waals surface area (Å²) >= 11 is 0. The molecule has 0 aliphatic heterocycles. The highest BCUT2D eigenvalue weighted by molar-refractivity contribution is 6.01. The Labute approximate surface area is 147 Å². The van der Waals surface area contributed by atoms with Gasteiger partial charge < -0.3 is 14.2 Å². The molecule has 0 N–H and O–H groups in total. The third kappa shape index (κ3) is 3.86. The van der Waals surface area contributed by atoms with Crippen molar-refractivity contribution in [3.05, 3.63) is 23.5 Å². The maximum Gasteiger partial charge on any atom is 0.418 e. The molecule has 2 rings (SSSR count). The minimum atomic E-state index is -1.37. The van der Waals surface area contributed by atoms with Crippen molar-refractivity contribution in [1.29, 1.82) is 0 Å². The fourth-order valence-corrected chi connectivity index (χ4v) is 2.90. The van der Waals surface area contributed by atoms with Crippen LogP contribution in [-0.2, 0) is 36.6 Å². The maximum atomic E-state index is 12.4. The number of aromatic nitrogens is 1. The van der Waals surface area contributed by atoms with Crippen LogP contribution in [0.5, 0.6) is 0 Å². The Hall–Kier alpha value is -2.31. The first-order chi connectivity index (χ1) is 11.6. The topological polar surface area (TPSA) is 83.8 Å². The van der Waals surface area contributed by atoms with Gasteiger partial charge in [0, 0.05) is 25.2 Å². The van der Waals surface area contributed by atoms with E-state index >= 15 is 0 Å². The van der Waals surface area contributed by atoms with Gasteiger partial charge in [-0.15, -0.1) is 0 Å². The standard InChI is InChI=1S/C18H25NO6/c1-6-23-14(20)18(15(21)24-7-2)8-12-10-19(11-13(12)9-18)16(22)25-17(3,4)5/h10-11H,6-9H2,1-5H3. The molecule has 0 aromatic carbocycles.